The van der Waals surface area contributed by atoms with Gasteiger partial charge in [0.1, 0.15) is 0 Å². The number of nitrogens with one attached hydrogen (secondary N) is 2. The lowest BCUT2D eigenvalue weighted by molar-refractivity contribution is -0.143. The number of aliphatic imine (C=N–C) groups is 1. The van der Waals surface area contributed by atoms with E-state index < -0.39 is 12.7 Å². The third-order valence-electron chi connectivity index (χ3n) is 4.00. The maximum absolute atomic E-state index is 12.3. The second kappa shape index (κ2) is 13.1. The van der Waals surface area contributed by atoms with Crippen molar-refractivity contribution in [3.05, 3.63) is 23.8 Å². The van der Waals surface area contributed by atoms with Crippen molar-refractivity contribution in [2.45, 2.75) is 32.9 Å². The molecule has 1 aromatic carbocycles. The molecule has 0 amide bonds. The molecular formula is C20H33F3N4O2. The van der Waals surface area contributed by atoms with Crippen LogP contribution in [0.2, 0.25) is 0 Å². The normalized spacial score (nSPS) is 12.2. The maximum Gasteiger partial charge on any atom is 0.401 e. The van der Waals surface area contributed by atoms with Gasteiger partial charge in [0, 0.05) is 20.1 Å². The Morgan fingerprint density at radius 1 is 1.07 bits per heavy atom. The summed E-state index contributed by atoms with van der Waals surface area (Å²) in [7, 11) is 3.13. The van der Waals surface area contributed by atoms with E-state index in [0.29, 0.717) is 45.2 Å². The molecule has 9 heteroatoms. The quantitative estimate of drug-likeness (QED) is 0.310. The van der Waals surface area contributed by atoms with Crippen molar-refractivity contribution in [3.63, 3.8) is 0 Å². The van der Waals surface area contributed by atoms with Crippen molar-refractivity contribution in [3.8, 4) is 11.5 Å². The van der Waals surface area contributed by atoms with Crippen LogP contribution in [0.1, 0.15) is 25.8 Å². The van der Waals surface area contributed by atoms with Crippen LogP contribution >= 0.6 is 0 Å². The topological polar surface area (TPSA) is 58.1 Å². The predicted octanol–water partition coefficient (Wildman–Crippen LogP) is 3.08. The third kappa shape index (κ3) is 10.8. The summed E-state index contributed by atoms with van der Waals surface area (Å²) in [5, 5.41) is 6.33. The second-order valence-electron chi connectivity index (χ2n) is 6.53. The summed E-state index contributed by atoms with van der Waals surface area (Å²) in [6.07, 6.45) is -2.81. The lowest BCUT2D eigenvalue weighted by Gasteiger charge is -2.19. The SMILES string of the molecule is CCOc1ccc(CCNC(=NC)NCCCN(C)CC(F)(F)F)cc1OCC. The van der Waals surface area contributed by atoms with E-state index in [2.05, 4.69) is 15.6 Å². The minimum absolute atomic E-state index is 0.357. The molecule has 6 nitrogen and oxygen atoms in total. The van der Waals surface area contributed by atoms with Crippen LogP contribution in [0.4, 0.5) is 13.2 Å². The Morgan fingerprint density at radius 2 is 1.72 bits per heavy atom. The van der Waals surface area contributed by atoms with Gasteiger partial charge < -0.3 is 20.1 Å². The summed E-state index contributed by atoms with van der Waals surface area (Å²) in [5.41, 5.74) is 1.11. The lowest BCUT2D eigenvalue weighted by Crippen LogP contribution is -2.40. The highest BCUT2D eigenvalue weighted by Gasteiger charge is 2.28. The summed E-state index contributed by atoms with van der Waals surface area (Å²) < 4.78 is 48.1. The number of guanidine groups is 1. The first-order valence-electron chi connectivity index (χ1n) is 9.87. The van der Waals surface area contributed by atoms with Gasteiger partial charge in [0.15, 0.2) is 17.5 Å². The van der Waals surface area contributed by atoms with Gasteiger partial charge in [-0.3, -0.25) is 9.89 Å². The van der Waals surface area contributed by atoms with Crippen LogP contribution in [0.3, 0.4) is 0 Å². The Morgan fingerprint density at radius 3 is 2.34 bits per heavy atom. The van der Waals surface area contributed by atoms with Gasteiger partial charge in [0.2, 0.25) is 0 Å². The average Bonchev–Trinajstić information content (AvgIpc) is 2.64. The van der Waals surface area contributed by atoms with Gasteiger partial charge in [0.25, 0.3) is 0 Å². The Balaban J connectivity index is 2.37. The fourth-order valence-corrected chi connectivity index (χ4v) is 2.74. The van der Waals surface area contributed by atoms with E-state index in [4.69, 9.17) is 9.47 Å². The highest BCUT2D eigenvalue weighted by Crippen LogP contribution is 2.28. The van der Waals surface area contributed by atoms with Crippen molar-refractivity contribution in [1.29, 1.82) is 0 Å². The zero-order valence-electron chi connectivity index (χ0n) is 17.7. The van der Waals surface area contributed by atoms with E-state index in [0.717, 1.165) is 23.5 Å². The maximum atomic E-state index is 12.3. The first-order valence-corrected chi connectivity index (χ1v) is 9.87. The number of halogens is 3. The average molecular weight is 419 g/mol. The summed E-state index contributed by atoms with van der Waals surface area (Å²) in [4.78, 5) is 5.40. The van der Waals surface area contributed by atoms with Gasteiger partial charge in [-0.25, -0.2) is 0 Å². The Bertz CT molecular complexity index is 624. The Labute approximate surface area is 171 Å². The molecule has 166 valence electrons. The number of alkyl halides is 3. The largest absolute Gasteiger partial charge is 0.490 e. The number of hydrogen-bond acceptors (Lipinski definition) is 4. The molecule has 0 saturated heterocycles. The van der Waals surface area contributed by atoms with Crippen molar-refractivity contribution in [2.24, 2.45) is 4.99 Å². The van der Waals surface area contributed by atoms with E-state index in [1.165, 1.54) is 11.9 Å². The molecule has 0 heterocycles. The number of benzene rings is 1. The van der Waals surface area contributed by atoms with Crippen molar-refractivity contribution < 1.29 is 22.6 Å². The molecule has 0 bridgehead atoms. The number of ether oxygens (including phenoxy) is 2. The van der Waals surface area contributed by atoms with E-state index in [1.54, 1.807) is 7.05 Å². The highest BCUT2D eigenvalue weighted by molar-refractivity contribution is 5.79. The van der Waals surface area contributed by atoms with Gasteiger partial charge in [-0.1, -0.05) is 6.07 Å². The molecule has 0 aromatic heterocycles. The molecule has 29 heavy (non-hydrogen) atoms. The van der Waals surface area contributed by atoms with Crippen LogP contribution in [0.25, 0.3) is 0 Å². The third-order valence-corrected chi connectivity index (χ3v) is 4.00. The summed E-state index contributed by atoms with van der Waals surface area (Å²) >= 11 is 0. The van der Waals surface area contributed by atoms with Crippen LogP contribution in [-0.4, -0.2) is 70.5 Å². The number of rotatable bonds is 12. The van der Waals surface area contributed by atoms with Gasteiger partial charge >= 0.3 is 6.18 Å². The molecule has 0 radical (unpaired) electrons. The second-order valence-corrected chi connectivity index (χ2v) is 6.53. The minimum Gasteiger partial charge on any atom is -0.490 e. The first kappa shape index (κ1) is 24.9. The molecule has 1 rings (SSSR count). The fraction of sp³-hybridized carbons (Fsp3) is 0.650. The lowest BCUT2D eigenvalue weighted by atomic mass is 10.1. The van der Waals surface area contributed by atoms with Crippen LogP contribution in [-0.2, 0) is 6.42 Å². The number of hydrogen-bond donors (Lipinski definition) is 2. The van der Waals surface area contributed by atoms with Crippen LogP contribution in [0.15, 0.2) is 23.2 Å². The van der Waals surface area contributed by atoms with Crippen LogP contribution in [0.5, 0.6) is 11.5 Å². The van der Waals surface area contributed by atoms with Gasteiger partial charge in [0.05, 0.1) is 19.8 Å². The summed E-state index contributed by atoms with van der Waals surface area (Å²) in [6.45, 7) is 5.67. The standard InChI is InChI=1S/C20H33F3N4O2/c1-5-28-17-9-8-16(14-18(17)29-6-2)10-12-26-19(24-3)25-11-7-13-27(4)15-20(21,22)23/h8-9,14H,5-7,10-13,15H2,1-4H3,(H2,24,25,26). The van der Waals surface area contributed by atoms with Crippen molar-refractivity contribution >= 4 is 5.96 Å². The molecule has 0 fully saturated rings. The molecule has 2 N–H and O–H groups in total. The highest BCUT2D eigenvalue weighted by atomic mass is 19.4. The van der Waals surface area contributed by atoms with Gasteiger partial charge in [-0.2, -0.15) is 13.2 Å². The summed E-state index contributed by atoms with van der Waals surface area (Å²) in [6, 6.07) is 5.89. The molecule has 0 saturated carbocycles. The van der Waals surface area contributed by atoms with Gasteiger partial charge in [-0.05, 0) is 58.0 Å². The molecule has 0 atom stereocenters. The summed E-state index contributed by atoms with van der Waals surface area (Å²) in [5.74, 6) is 2.09. The van der Waals surface area contributed by atoms with Gasteiger partial charge in [-0.15, -0.1) is 0 Å². The van der Waals surface area contributed by atoms with Crippen LogP contribution < -0.4 is 20.1 Å². The molecule has 0 aliphatic carbocycles. The molecule has 1 aromatic rings. The Hall–Kier alpha value is -2.16. The molecule has 0 aliphatic heterocycles. The molecule has 0 unspecified atom stereocenters. The van der Waals surface area contributed by atoms with E-state index >= 15 is 0 Å². The van der Waals surface area contributed by atoms with Crippen molar-refractivity contribution in [1.82, 2.24) is 15.5 Å². The van der Waals surface area contributed by atoms with E-state index in [9.17, 15) is 13.2 Å². The fourth-order valence-electron chi connectivity index (χ4n) is 2.74. The minimum atomic E-state index is -4.16. The predicted molar refractivity (Wildman–Crippen MR) is 110 cm³/mol. The smallest absolute Gasteiger partial charge is 0.401 e. The molecule has 0 spiro atoms. The van der Waals surface area contributed by atoms with E-state index in [1.807, 2.05) is 32.0 Å². The Kier molecular flexibility index (Phi) is 11.3. The van der Waals surface area contributed by atoms with E-state index in [-0.39, 0.29) is 0 Å². The molecule has 0 aliphatic rings. The zero-order valence-corrected chi connectivity index (χ0v) is 17.7. The number of nitrogens with zero attached hydrogens (tertiary/aromatic N) is 2. The molecular weight excluding hydrogens is 385 g/mol. The van der Waals surface area contributed by atoms with Crippen molar-refractivity contribution in [2.75, 3.05) is 53.5 Å². The zero-order chi connectivity index (χ0) is 21.7. The van der Waals surface area contributed by atoms with Crippen LogP contribution in [0, 0.1) is 0 Å². The monoisotopic (exact) mass is 418 g/mol. The first-order chi connectivity index (χ1) is 13.8.